The Morgan fingerprint density at radius 3 is 1.62 bits per heavy atom. The molecule has 0 aromatic carbocycles. The quantitative estimate of drug-likeness (QED) is 0.514. The van der Waals surface area contributed by atoms with Crippen molar-refractivity contribution in [2.75, 3.05) is 0 Å². The summed E-state index contributed by atoms with van der Waals surface area (Å²) in [5.41, 5.74) is 0. The van der Waals surface area contributed by atoms with E-state index in [4.69, 9.17) is 0 Å². The molecule has 0 amide bonds. The van der Waals surface area contributed by atoms with Gasteiger partial charge in [0.2, 0.25) is 0 Å². The summed E-state index contributed by atoms with van der Waals surface area (Å²) < 4.78 is 0. The summed E-state index contributed by atoms with van der Waals surface area (Å²) in [6, 6.07) is 0. The van der Waals surface area contributed by atoms with Crippen molar-refractivity contribution in [3.8, 4) is 0 Å². The van der Waals surface area contributed by atoms with Crippen LogP contribution in [-0.2, 0) is 0 Å². The molecule has 0 aromatic rings. The van der Waals surface area contributed by atoms with E-state index in [1.54, 1.807) is 0 Å². The normalized spacial score (nSPS) is 45.0. The first-order valence-corrected chi connectivity index (χ1v) is 7.30. The Balaban J connectivity index is 1.77. The van der Waals surface area contributed by atoms with Crippen molar-refractivity contribution in [3.05, 3.63) is 24.3 Å². The second-order valence-electron chi connectivity index (χ2n) is 5.91. The monoisotopic (exact) mass is 216 g/mol. The number of allylic oxidation sites excluding steroid dienone is 4. The lowest BCUT2D eigenvalue weighted by Crippen LogP contribution is -2.45. The summed E-state index contributed by atoms with van der Waals surface area (Å²) in [5.74, 6) is 3.87. The maximum Gasteiger partial charge on any atom is -0.0137 e. The van der Waals surface area contributed by atoms with E-state index in [-0.39, 0.29) is 0 Å². The highest BCUT2D eigenvalue weighted by Crippen LogP contribution is 2.53. The SMILES string of the molecule is C1=CC2C3/C=C\CCCCC3C2CCCC1. The molecule has 3 rings (SSSR count). The summed E-state index contributed by atoms with van der Waals surface area (Å²) in [6.45, 7) is 0. The molecule has 0 radical (unpaired) electrons. The first kappa shape index (κ1) is 10.6. The van der Waals surface area contributed by atoms with Gasteiger partial charge in [-0.05, 0) is 62.2 Å². The molecule has 0 bridgehead atoms. The predicted octanol–water partition coefficient (Wildman–Crippen LogP) is 4.73. The van der Waals surface area contributed by atoms with Gasteiger partial charge in [-0.1, -0.05) is 37.1 Å². The maximum atomic E-state index is 2.55. The molecule has 0 nitrogen and oxygen atoms in total. The number of fused-ring (bicyclic) bond motifs is 4. The van der Waals surface area contributed by atoms with Crippen molar-refractivity contribution in [1.82, 2.24) is 0 Å². The van der Waals surface area contributed by atoms with Crippen molar-refractivity contribution in [2.24, 2.45) is 23.7 Å². The van der Waals surface area contributed by atoms with Crippen LogP contribution in [0.5, 0.6) is 0 Å². The van der Waals surface area contributed by atoms with Crippen LogP contribution in [0.25, 0.3) is 0 Å². The van der Waals surface area contributed by atoms with E-state index < -0.39 is 0 Å². The van der Waals surface area contributed by atoms with Gasteiger partial charge in [0.15, 0.2) is 0 Å². The fraction of sp³-hybridized carbons (Fsp3) is 0.750. The van der Waals surface area contributed by atoms with Crippen LogP contribution >= 0.6 is 0 Å². The molecule has 1 saturated carbocycles. The summed E-state index contributed by atoms with van der Waals surface area (Å²) in [4.78, 5) is 0. The zero-order chi connectivity index (χ0) is 10.8. The van der Waals surface area contributed by atoms with Gasteiger partial charge >= 0.3 is 0 Å². The van der Waals surface area contributed by atoms with E-state index >= 15 is 0 Å². The van der Waals surface area contributed by atoms with Gasteiger partial charge in [-0.2, -0.15) is 0 Å². The number of rotatable bonds is 0. The molecule has 3 aliphatic rings. The minimum Gasteiger partial charge on any atom is -0.0882 e. The Kier molecular flexibility index (Phi) is 3.17. The van der Waals surface area contributed by atoms with Crippen molar-refractivity contribution in [2.45, 2.75) is 51.4 Å². The smallest absolute Gasteiger partial charge is 0.0137 e. The fourth-order valence-electron chi connectivity index (χ4n) is 4.14. The highest BCUT2D eigenvalue weighted by atomic mass is 14.5. The summed E-state index contributed by atoms with van der Waals surface area (Å²) in [7, 11) is 0. The van der Waals surface area contributed by atoms with E-state index in [0.717, 1.165) is 23.7 Å². The Morgan fingerprint density at radius 2 is 1.12 bits per heavy atom. The molecule has 0 saturated heterocycles. The van der Waals surface area contributed by atoms with E-state index in [9.17, 15) is 0 Å². The van der Waals surface area contributed by atoms with Crippen LogP contribution in [0.1, 0.15) is 51.4 Å². The highest BCUT2D eigenvalue weighted by molar-refractivity contribution is 5.13. The van der Waals surface area contributed by atoms with Crippen LogP contribution in [-0.4, -0.2) is 0 Å². The maximum absolute atomic E-state index is 2.55. The molecule has 0 aliphatic heterocycles. The summed E-state index contributed by atoms with van der Waals surface area (Å²) in [6.07, 6.45) is 21.5. The molecule has 16 heavy (non-hydrogen) atoms. The third-order valence-electron chi connectivity index (χ3n) is 5.02. The third kappa shape index (κ3) is 1.87. The molecule has 4 unspecified atom stereocenters. The van der Waals surface area contributed by atoms with Crippen molar-refractivity contribution < 1.29 is 0 Å². The fourth-order valence-corrected chi connectivity index (χ4v) is 4.14. The molecule has 0 heteroatoms. The topological polar surface area (TPSA) is 0 Å². The Labute approximate surface area is 99.8 Å². The van der Waals surface area contributed by atoms with Crippen LogP contribution in [0.2, 0.25) is 0 Å². The van der Waals surface area contributed by atoms with Gasteiger partial charge in [0.05, 0.1) is 0 Å². The number of hydrogen-bond acceptors (Lipinski definition) is 0. The second kappa shape index (κ2) is 4.77. The van der Waals surface area contributed by atoms with Crippen LogP contribution in [0.15, 0.2) is 24.3 Å². The molecule has 3 aliphatic carbocycles. The summed E-state index contributed by atoms with van der Waals surface area (Å²) in [5, 5.41) is 0. The van der Waals surface area contributed by atoms with Gasteiger partial charge in [0.1, 0.15) is 0 Å². The minimum atomic E-state index is 0.902. The first-order valence-electron chi connectivity index (χ1n) is 7.30. The molecule has 0 spiro atoms. The van der Waals surface area contributed by atoms with Crippen molar-refractivity contribution in [1.29, 1.82) is 0 Å². The second-order valence-corrected chi connectivity index (χ2v) is 5.91. The zero-order valence-electron chi connectivity index (χ0n) is 10.3. The van der Waals surface area contributed by atoms with Crippen LogP contribution in [0.4, 0.5) is 0 Å². The van der Waals surface area contributed by atoms with Gasteiger partial charge in [0.25, 0.3) is 0 Å². The van der Waals surface area contributed by atoms with Crippen LogP contribution in [0.3, 0.4) is 0 Å². The lowest BCUT2D eigenvalue weighted by atomic mass is 9.53. The van der Waals surface area contributed by atoms with Crippen LogP contribution < -0.4 is 0 Å². The lowest BCUT2D eigenvalue weighted by molar-refractivity contribution is 0.0227. The predicted molar refractivity (Wildman–Crippen MR) is 69.2 cm³/mol. The molecule has 0 N–H and O–H groups in total. The van der Waals surface area contributed by atoms with Crippen LogP contribution in [0, 0.1) is 23.7 Å². The largest absolute Gasteiger partial charge is 0.0882 e. The van der Waals surface area contributed by atoms with Crippen molar-refractivity contribution >= 4 is 0 Å². The molecule has 88 valence electrons. The molecule has 0 aromatic heterocycles. The number of hydrogen-bond donors (Lipinski definition) is 0. The minimum absolute atomic E-state index is 0.902. The van der Waals surface area contributed by atoms with E-state index in [1.165, 1.54) is 51.4 Å². The summed E-state index contributed by atoms with van der Waals surface area (Å²) >= 11 is 0. The van der Waals surface area contributed by atoms with E-state index in [0.29, 0.717) is 0 Å². The highest BCUT2D eigenvalue weighted by Gasteiger charge is 2.46. The van der Waals surface area contributed by atoms with Gasteiger partial charge in [-0.3, -0.25) is 0 Å². The van der Waals surface area contributed by atoms with Crippen molar-refractivity contribution in [3.63, 3.8) is 0 Å². The first-order chi connectivity index (χ1) is 7.97. The zero-order valence-corrected chi connectivity index (χ0v) is 10.3. The lowest BCUT2D eigenvalue weighted by Gasteiger charge is -2.52. The Bertz CT molecular complexity index is 256. The van der Waals surface area contributed by atoms with E-state index in [1.807, 2.05) is 0 Å². The molecule has 4 atom stereocenters. The van der Waals surface area contributed by atoms with Gasteiger partial charge in [-0.25, -0.2) is 0 Å². The Morgan fingerprint density at radius 1 is 0.625 bits per heavy atom. The molecule has 0 heterocycles. The van der Waals surface area contributed by atoms with Gasteiger partial charge in [0, 0.05) is 0 Å². The third-order valence-corrected chi connectivity index (χ3v) is 5.02. The van der Waals surface area contributed by atoms with Gasteiger partial charge < -0.3 is 0 Å². The molecular formula is C16H24. The molecule has 1 fully saturated rings. The Hall–Kier alpha value is -0.520. The van der Waals surface area contributed by atoms with Gasteiger partial charge in [-0.15, -0.1) is 0 Å². The molecular weight excluding hydrogens is 192 g/mol. The standard InChI is InChI=1S/C16H24/c1-2-6-10-14-13(9-5-1)15-11-7-3-4-8-12-16(14)15/h5,7,9,11,13-16H,1-4,6,8,10,12H2/b9-5-,11-7?. The average molecular weight is 216 g/mol. The average Bonchev–Trinajstić information content (AvgIpc) is 2.23. The van der Waals surface area contributed by atoms with E-state index in [2.05, 4.69) is 24.3 Å².